The fraction of sp³-hybridized carbons (Fsp3) is 0.333. The second-order valence-electron chi connectivity index (χ2n) is 3.17. The zero-order chi connectivity index (χ0) is 10.8. The lowest BCUT2D eigenvalue weighted by Crippen LogP contribution is -2.43. The SMILES string of the molecule is O=C1CS(=O)CCN1c1ccc(Br)cn1. The minimum absolute atomic E-state index is 0.109. The predicted molar refractivity (Wildman–Crippen MR) is 62.2 cm³/mol. The van der Waals surface area contributed by atoms with Crippen LogP contribution in [0.2, 0.25) is 0 Å². The first kappa shape index (κ1) is 10.8. The number of halogens is 1. The Morgan fingerprint density at radius 1 is 1.47 bits per heavy atom. The second-order valence-corrected chi connectivity index (χ2v) is 5.66. The van der Waals surface area contributed by atoms with Gasteiger partial charge >= 0.3 is 0 Å². The molecular formula is C9H9BrN2O2S. The van der Waals surface area contributed by atoms with Crippen LogP contribution in [-0.2, 0) is 15.6 Å². The lowest BCUT2D eigenvalue weighted by Gasteiger charge is -2.25. The predicted octanol–water partition coefficient (Wildman–Crippen LogP) is 0.939. The van der Waals surface area contributed by atoms with Crippen molar-refractivity contribution in [3.8, 4) is 0 Å². The normalized spacial score (nSPS) is 21.8. The number of aromatic nitrogens is 1. The largest absolute Gasteiger partial charge is 0.295 e. The van der Waals surface area contributed by atoms with Gasteiger partial charge in [-0.05, 0) is 28.1 Å². The number of amides is 1. The molecule has 0 bridgehead atoms. The molecule has 2 heterocycles. The van der Waals surface area contributed by atoms with Gasteiger partial charge in [0.2, 0.25) is 5.91 Å². The Hall–Kier alpha value is -0.750. The summed E-state index contributed by atoms with van der Waals surface area (Å²) in [6, 6.07) is 3.61. The summed E-state index contributed by atoms with van der Waals surface area (Å²) >= 11 is 3.28. The summed E-state index contributed by atoms with van der Waals surface area (Å²) in [5.41, 5.74) is 0. The molecule has 1 saturated heterocycles. The van der Waals surface area contributed by atoms with Crippen molar-refractivity contribution in [2.24, 2.45) is 0 Å². The number of hydrogen-bond donors (Lipinski definition) is 0. The quantitative estimate of drug-likeness (QED) is 0.773. The van der Waals surface area contributed by atoms with Crippen LogP contribution in [0, 0.1) is 0 Å². The standard InChI is InChI=1S/C9H9BrN2O2S/c10-7-1-2-8(11-5-7)12-3-4-15(14)6-9(12)13/h1-2,5H,3-4,6H2. The van der Waals surface area contributed by atoms with Crippen molar-refractivity contribution in [1.29, 1.82) is 0 Å². The maximum absolute atomic E-state index is 11.6. The van der Waals surface area contributed by atoms with E-state index in [-0.39, 0.29) is 11.7 Å². The highest BCUT2D eigenvalue weighted by molar-refractivity contribution is 9.10. The third-order valence-electron chi connectivity index (χ3n) is 2.12. The molecule has 2 rings (SSSR count). The summed E-state index contributed by atoms with van der Waals surface area (Å²) in [6.45, 7) is 0.486. The van der Waals surface area contributed by atoms with Gasteiger partial charge in [-0.25, -0.2) is 4.98 Å². The van der Waals surface area contributed by atoms with Crippen molar-refractivity contribution in [2.75, 3.05) is 23.0 Å². The summed E-state index contributed by atoms with van der Waals surface area (Å²) in [7, 11) is -0.997. The highest BCUT2D eigenvalue weighted by Gasteiger charge is 2.24. The summed E-state index contributed by atoms with van der Waals surface area (Å²) in [6.07, 6.45) is 1.65. The molecule has 1 aromatic heterocycles. The molecule has 1 aromatic rings. The first-order valence-corrected chi connectivity index (χ1v) is 6.72. The maximum atomic E-state index is 11.6. The minimum atomic E-state index is -0.997. The zero-order valence-electron chi connectivity index (χ0n) is 7.85. The van der Waals surface area contributed by atoms with Crippen molar-refractivity contribution in [3.05, 3.63) is 22.8 Å². The summed E-state index contributed by atoms with van der Waals surface area (Å²) in [5.74, 6) is 1.15. The number of anilines is 1. The summed E-state index contributed by atoms with van der Waals surface area (Å²) < 4.78 is 12.0. The molecule has 80 valence electrons. The maximum Gasteiger partial charge on any atom is 0.240 e. The van der Waals surface area contributed by atoms with Gasteiger partial charge in [0.05, 0.1) is 0 Å². The molecule has 0 saturated carbocycles. The monoisotopic (exact) mass is 288 g/mol. The van der Waals surface area contributed by atoms with Crippen LogP contribution in [0.4, 0.5) is 5.82 Å². The lowest BCUT2D eigenvalue weighted by molar-refractivity contribution is -0.116. The minimum Gasteiger partial charge on any atom is -0.295 e. The van der Waals surface area contributed by atoms with Gasteiger partial charge in [-0.2, -0.15) is 0 Å². The van der Waals surface area contributed by atoms with E-state index in [9.17, 15) is 9.00 Å². The van der Waals surface area contributed by atoms with Crippen LogP contribution in [0.1, 0.15) is 0 Å². The van der Waals surface area contributed by atoms with Crippen molar-refractivity contribution >= 4 is 38.5 Å². The first-order valence-electron chi connectivity index (χ1n) is 4.44. The number of rotatable bonds is 1. The van der Waals surface area contributed by atoms with E-state index < -0.39 is 10.8 Å². The number of carbonyl (C=O) groups excluding carboxylic acids is 1. The van der Waals surface area contributed by atoms with Crippen LogP contribution in [-0.4, -0.2) is 33.2 Å². The van der Waals surface area contributed by atoms with E-state index in [1.54, 1.807) is 17.2 Å². The molecule has 6 heteroatoms. The van der Waals surface area contributed by atoms with E-state index in [0.717, 1.165) is 4.47 Å². The molecule has 1 fully saturated rings. The van der Waals surface area contributed by atoms with E-state index in [4.69, 9.17) is 0 Å². The Balaban J connectivity index is 2.20. The zero-order valence-corrected chi connectivity index (χ0v) is 10.3. The van der Waals surface area contributed by atoms with E-state index in [1.165, 1.54) is 0 Å². The molecule has 0 radical (unpaired) electrons. The van der Waals surface area contributed by atoms with Crippen molar-refractivity contribution in [3.63, 3.8) is 0 Å². The first-order chi connectivity index (χ1) is 7.16. The number of pyridine rings is 1. The topological polar surface area (TPSA) is 50.3 Å². The lowest BCUT2D eigenvalue weighted by atomic mass is 10.4. The van der Waals surface area contributed by atoms with Crippen LogP contribution < -0.4 is 4.90 Å². The Morgan fingerprint density at radius 2 is 2.27 bits per heavy atom. The Bertz CT molecular complexity index is 407. The number of nitrogens with zero attached hydrogens (tertiary/aromatic N) is 2. The molecule has 0 aliphatic carbocycles. The van der Waals surface area contributed by atoms with Crippen molar-refractivity contribution in [1.82, 2.24) is 4.98 Å². The van der Waals surface area contributed by atoms with Crippen molar-refractivity contribution in [2.45, 2.75) is 0 Å². The summed E-state index contributed by atoms with van der Waals surface area (Å²) in [4.78, 5) is 17.3. The van der Waals surface area contributed by atoms with Crippen LogP contribution >= 0.6 is 15.9 Å². The Morgan fingerprint density at radius 3 is 2.87 bits per heavy atom. The van der Waals surface area contributed by atoms with E-state index in [1.807, 2.05) is 6.07 Å². The highest BCUT2D eigenvalue weighted by Crippen LogP contribution is 2.16. The van der Waals surface area contributed by atoms with Gasteiger partial charge in [0.25, 0.3) is 0 Å². The Labute approximate surface area is 98.3 Å². The molecule has 0 spiro atoms. The van der Waals surface area contributed by atoms with Crippen LogP contribution in [0.3, 0.4) is 0 Å². The average molecular weight is 289 g/mol. The number of carbonyl (C=O) groups is 1. The van der Waals surface area contributed by atoms with Crippen LogP contribution in [0.15, 0.2) is 22.8 Å². The van der Waals surface area contributed by atoms with Crippen LogP contribution in [0.5, 0.6) is 0 Å². The molecule has 1 unspecified atom stereocenters. The molecular weight excluding hydrogens is 280 g/mol. The second kappa shape index (κ2) is 4.40. The molecule has 0 aromatic carbocycles. The highest BCUT2D eigenvalue weighted by atomic mass is 79.9. The van der Waals surface area contributed by atoms with Crippen LogP contribution in [0.25, 0.3) is 0 Å². The van der Waals surface area contributed by atoms with E-state index in [0.29, 0.717) is 18.1 Å². The van der Waals surface area contributed by atoms with E-state index in [2.05, 4.69) is 20.9 Å². The van der Waals surface area contributed by atoms with Gasteiger partial charge in [0.1, 0.15) is 11.6 Å². The smallest absolute Gasteiger partial charge is 0.240 e. The third kappa shape index (κ3) is 2.43. The molecule has 1 amide bonds. The molecule has 4 nitrogen and oxygen atoms in total. The fourth-order valence-corrected chi connectivity index (χ4v) is 2.57. The van der Waals surface area contributed by atoms with Gasteiger partial charge in [0, 0.05) is 33.8 Å². The third-order valence-corrected chi connectivity index (χ3v) is 3.79. The van der Waals surface area contributed by atoms with Gasteiger partial charge in [-0.1, -0.05) is 0 Å². The molecule has 15 heavy (non-hydrogen) atoms. The van der Waals surface area contributed by atoms with Gasteiger partial charge < -0.3 is 0 Å². The average Bonchev–Trinajstić information content (AvgIpc) is 2.20. The summed E-state index contributed by atoms with van der Waals surface area (Å²) in [5, 5.41) is 0. The molecule has 0 N–H and O–H groups in total. The van der Waals surface area contributed by atoms with Gasteiger partial charge in [0.15, 0.2) is 0 Å². The molecule has 1 aliphatic heterocycles. The van der Waals surface area contributed by atoms with Gasteiger partial charge in [-0.15, -0.1) is 0 Å². The molecule has 1 aliphatic rings. The van der Waals surface area contributed by atoms with Gasteiger partial charge in [-0.3, -0.25) is 13.9 Å². The number of hydrogen-bond acceptors (Lipinski definition) is 3. The van der Waals surface area contributed by atoms with E-state index >= 15 is 0 Å². The Kier molecular flexibility index (Phi) is 3.16. The van der Waals surface area contributed by atoms with Crippen molar-refractivity contribution < 1.29 is 9.00 Å². The molecule has 1 atom stereocenters. The fourth-order valence-electron chi connectivity index (χ4n) is 1.38.